The van der Waals surface area contributed by atoms with Gasteiger partial charge in [-0.15, -0.1) is 0 Å². The standard InChI is InChI=1S/C13H13NO4/c1-8(15)14-11(13(16)17)6-9-7-18-12-5-3-2-4-10(9)12/h2-5,7,11H,6H2,1H3,(H,14,15)(H,16,17). The maximum Gasteiger partial charge on any atom is 0.326 e. The Morgan fingerprint density at radius 1 is 1.39 bits per heavy atom. The van der Waals surface area contributed by atoms with Crippen molar-refractivity contribution in [2.75, 3.05) is 0 Å². The topological polar surface area (TPSA) is 79.5 Å². The largest absolute Gasteiger partial charge is 0.480 e. The van der Waals surface area contributed by atoms with Crippen LogP contribution < -0.4 is 5.32 Å². The number of aliphatic carboxylic acids is 1. The van der Waals surface area contributed by atoms with Gasteiger partial charge in [-0.1, -0.05) is 18.2 Å². The van der Waals surface area contributed by atoms with Gasteiger partial charge in [0.05, 0.1) is 6.26 Å². The predicted octanol–water partition coefficient (Wildman–Crippen LogP) is 1.56. The van der Waals surface area contributed by atoms with Crippen molar-refractivity contribution in [2.45, 2.75) is 19.4 Å². The van der Waals surface area contributed by atoms with Crippen molar-refractivity contribution in [1.82, 2.24) is 5.32 Å². The molecule has 0 spiro atoms. The zero-order valence-electron chi connectivity index (χ0n) is 9.84. The van der Waals surface area contributed by atoms with Crippen molar-refractivity contribution < 1.29 is 19.1 Å². The number of fused-ring (bicyclic) bond motifs is 1. The first-order chi connectivity index (χ1) is 8.58. The van der Waals surface area contributed by atoms with E-state index in [0.29, 0.717) is 5.58 Å². The monoisotopic (exact) mass is 247 g/mol. The third kappa shape index (κ3) is 2.51. The molecule has 1 aromatic heterocycles. The fourth-order valence-electron chi connectivity index (χ4n) is 1.86. The van der Waals surface area contributed by atoms with E-state index < -0.39 is 12.0 Å². The van der Waals surface area contributed by atoms with Crippen molar-refractivity contribution in [2.24, 2.45) is 0 Å². The van der Waals surface area contributed by atoms with Crippen LogP contribution >= 0.6 is 0 Å². The lowest BCUT2D eigenvalue weighted by Crippen LogP contribution is -2.41. The molecule has 1 amide bonds. The molecule has 0 aliphatic carbocycles. The van der Waals surface area contributed by atoms with Crippen LogP contribution in [0.15, 0.2) is 34.9 Å². The Morgan fingerprint density at radius 3 is 2.78 bits per heavy atom. The minimum atomic E-state index is -1.06. The third-order valence-corrected chi connectivity index (χ3v) is 2.66. The van der Waals surface area contributed by atoms with Crippen molar-refractivity contribution in [3.63, 3.8) is 0 Å². The SMILES string of the molecule is CC(=O)NC(Cc1coc2ccccc12)C(=O)O. The van der Waals surface area contributed by atoms with E-state index in [0.717, 1.165) is 10.9 Å². The molecule has 0 aliphatic heterocycles. The molecule has 1 aromatic carbocycles. The first-order valence-corrected chi connectivity index (χ1v) is 5.53. The van der Waals surface area contributed by atoms with Gasteiger partial charge in [0.2, 0.25) is 5.91 Å². The highest BCUT2D eigenvalue weighted by molar-refractivity contribution is 5.85. The fourth-order valence-corrected chi connectivity index (χ4v) is 1.86. The minimum Gasteiger partial charge on any atom is -0.480 e. The molecule has 94 valence electrons. The molecule has 5 nitrogen and oxygen atoms in total. The lowest BCUT2D eigenvalue weighted by molar-refractivity contribution is -0.141. The Balaban J connectivity index is 2.26. The fraction of sp³-hybridized carbons (Fsp3) is 0.231. The van der Waals surface area contributed by atoms with Crippen molar-refractivity contribution in [3.05, 3.63) is 36.1 Å². The molecule has 1 unspecified atom stereocenters. The van der Waals surface area contributed by atoms with Crippen molar-refractivity contribution >= 4 is 22.8 Å². The Labute approximate surface area is 103 Å². The molecule has 0 fully saturated rings. The maximum atomic E-state index is 11.1. The number of amides is 1. The lowest BCUT2D eigenvalue weighted by atomic mass is 10.1. The summed E-state index contributed by atoms with van der Waals surface area (Å²) in [5, 5.41) is 12.3. The highest BCUT2D eigenvalue weighted by Crippen LogP contribution is 2.21. The number of carbonyl (C=O) groups excluding carboxylic acids is 1. The number of carbonyl (C=O) groups is 2. The molecule has 0 aliphatic rings. The summed E-state index contributed by atoms with van der Waals surface area (Å²) in [6.45, 7) is 1.30. The summed E-state index contributed by atoms with van der Waals surface area (Å²) in [6, 6.07) is 6.44. The molecule has 2 rings (SSSR count). The number of furan rings is 1. The summed E-state index contributed by atoms with van der Waals surface area (Å²) in [6.07, 6.45) is 1.73. The van der Waals surface area contributed by atoms with E-state index in [2.05, 4.69) is 5.32 Å². The van der Waals surface area contributed by atoms with Crippen molar-refractivity contribution in [3.8, 4) is 0 Å². The summed E-state index contributed by atoms with van der Waals surface area (Å²) in [7, 11) is 0. The van der Waals surface area contributed by atoms with Crippen LogP contribution in [0, 0.1) is 0 Å². The van der Waals surface area contributed by atoms with Crippen LogP contribution in [0.25, 0.3) is 11.0 Å². The molecule has 0 radical (unpaired) electrons. The van der Waals surface area contributed by atoms with Crippen molar-refractivity contribution in [1.29, 1.82) is 0 Å². The van der Waals surface area contributed by atoms with Crippen LogP contribution in [0.2, 0.25) is 0 Å². The van der Waals surface area contributed by atoms with Gasteiger partial charge in [-0.25, -0.2) is 4.79 Å². The van der Waals surface area contributed by atoms with E-state index >= 15 is 0 Å². The van der Waals surface area contributed by atoms with Gasteiger partial charge in [-0.3, -0.25) is 4.79 Å². The summed E-state index contributed by atoms with van der Waals surface area (Å²) in [4.78, 5) is 22.0. The summed E-state index contributed by atoms with van der Waals surface area (Å²) >= 11 is 0. The van der Waals surface area contributed by atoms with Gasteiger partial charge < -0.3 is 14.8 Å². The Morgan fingerprint density at radius 2 is 2.11 bits per heavy atom. The normalized spacial score (nSPS) is 12.3. The Kier molecular flexibility index (Phi) is 3.32. The lowest BCUT2D eigenvalue weighted by Gasteiger charge is -2.11. The molecule has 18 heavy (non-hydrogen) atoms. The number of benzene rings is 1. The van der Waals surface area contributed by atoms with Gasteiger partial charge >= 0.3 is 5.97 Å². The molecule has 0 saturated carbocycles. The number of carboxylic acid groups (broad SMARTS) is 1. The molecule has 0 bridgehead atoms. The minimum absolute atomic E-state index is 0.200. The second-order valence-corrected chi connectivity index (χ2v) is 4.05. The van der Waals surface area contributed by atoms with E-state index in [-0.39, 0.29) is 12.3 Å². The third-order valence-electron chi connectivity index (χ3n) is 2.66. The van der Waals surface area contributed by atoms with Gasteiger partial charge in [0, 0.05) is 24.3 Å². The summed E-state index contributed by atoms with van der Waals surface area (Å²) in [5.74, 6) is -1.43. The molecular formula is C13H13NO4. The van der Waals surface area contributed by atoms with E-state index in [4.69, 9.17) is 9.52 Å². The zero-order chi connectivity index (χ0) is 13.1. The van der Waals surface area contributed by atoms with E-state index in [9.17, 15) is 9.59 Å². The second-order valence-electron chi connectivity index (χ2n) is 4.05. The highest BCUT2D eigenvalue weighted by Gasteiger charge is 2.20. The van der Waals surface area contributed by atoms with Crippen LogP contribution in [-0.4, -0.2) is 23.0 Å². The Hall–Kier alpha value is -2.30. The first kappa shape index (κ1) is 12.2. The van der Waals surface area contributed by atoms with Crippen LogP contribution in [0.5, 0.6) is 0 Å². The average Bonchev–Trinajstić information content (AvgIpc) is 2.71. The molecule has 5 heteroatoms. The van der Waals surface area contributed by atoms with Gasteiger partial charge in [0.15, 0.2) is 0 Å². The van der Waals surface area contributed by atoms with Gasteiger partial charge in [-0.2, -0.15) is 0 Å². The number of rotatable bonds is 4. The maximum absolute atomic E-state index is 11.1. The first-order valence-electron chi connectivity index (χ1n) is 5.53. The number of nitrogens with one attached hydrogen (secondary N) is 1. The smallest absolute Gasteiger partial charge is 0.326 e. The zero-order valence-corrected chi connectivity index (χ0v) is 9.84. The molecule has 1 atom stereocenters. The molecular weight excluding hydrogens is 234 g/mol. The van der Waals surface area contributed by atoms with Crippen LogP contribution in [0.1, 0.15) is 12.5 Å². The quantitative estimate of drug-likeness (QED) is 0.859. The number of hydrogen-bond acceptors (Lipinski definition) is 3. The second kappa shape index (κ2) is 4.91. The number of carboxylic acids is 1. The Bertz CT molecular complexity index is 587. The van der Waals surface area contributed by atoms with Gasteiger partial charge in [-0.05, 0) is 6.07 Å². The van der Waals surface area contributed by atoms with Crippen LogP contribution in [-0.2, 0) is 16.0 Å². The molecule has 2 aromatic rings. The average molecular weight is 247 g/mol. The van der Waals surface area contributed by atoms with Gasteiger partial charge in [0.25, 0.3) is 0 Å². The predicted molar refractivity (Wildman–Crippen MR) is 65.2 cm³/mol. The van der Waals surface area contributed by atoms with E-state index in [1.807, 2.05) is 24.3 Å². The highest BCUT2D eigenvalue weighted by atomic mass is 16.4. The number of hydrogen-bond donors (Lipinski definition) is 2. The summed E-state index contributed by atoms with van der Waals surface area (Å²) < 4.78 is 5.33. The molecule has 1 heterocycles. The van der Waals surface area contributed by atoms with Crippen LogP contribution in [0.4, 0.5) is 0 Å². The van der Waals surface area contributed by atoms with E-state index in [1.165, 1.54) is 13.2 Å². The van der Waals surface area contributed by atoms with Crippen LogP contribution in [0.3, 0.4) is 0 Å². The molecule has 0 saturated heterocycles. The number of para-hydroxylation sites is 1. The summed E-state index contributed by atoms with van der Waals surface area (Å²) in [5.41, 5.74) is 1.48. The molecule has 2 N–H and O–H groups in total. The van der Waals surface area contributed by atoms with E-state index in [1.54, 1.807) is 0 Å². The van der Waals surface area contributed by atoms with Gasteiger partial charge in [0.1, 0.15) is 11.6 Å².